The molecule has 0 heterocycles. The van der Waals surface area contributed by atoms with Crippen LogP contribution in [0.5, 0.6) is 0 Å². The molecule has 0 aromatic rings. The molecule has 0 spiro atoms. The van der Waals surface area contributed by atoms with Crippen LogP contribution < -0.4 is 14.1 Å². The Morgan fingerprint density at radius 2 is 1.70 bits per heavy atom. The molecule has 62 valence electrons. The zero-order chi connectivity index (χ0) is 8.57. The molecule has 0 aliphatic heterocycles. The summed E-state index contributed by atoms with van der Waals surface area (Å²) in [6.07, 6.45) is 0. The zero-order valence-electron chi connectivity index (χ0n) is 6.89. The monoisotopic (exact) mass is 252 g/mol. The maximum absolute atomic E-state index is 10.2. The molecule has 3 N–H and O–H groups in total. The topological polar surface area (TPSA) is 74.6 Å². The Kier molecular flexibility index (Phi) is 12.8. The molecule has 0 radical (unpaired) electrons. The normalized spacial score (nSPS) is 11.4. The van der Waals surface area contributed by atoms with Gasteiger partial charge in [0.1, 0.15) is 0 Å². The molecule has 0 saturated carbocycles. The summed E-state index contributed by atoms with van der Waals surface area (Å²) >= 11 is -1.39. The molecule has 0 aliphatic carbocycles. The van der Waals surface area contributed by atoms with Gasteiger partial charge in [0.15, 0.2) is 0 Å². The number of quaternary nitrogens is 1. The predicted octanol–water partition coefficient (Wildman–Crippen LogP) is -1.54. The third-order valence-electron chi connectivity index (χ3n) is 0.492. The van der Waals surface area contributed by atoms with Crippen molar-refractivity contribution in [3.05, 3.63) is 10.4 Å². The van der Waals surface area contributed by atoms with Gasteiger partial charge in [-0.3, -0.25) is 0 Å². The molecule has 0 saturated heterocycles. The molecule has 5 nitrogen and oxygen atoms in total. The summed E-state index contributed by atoms with van der Waals surface area (Å²) in [7, 11) is 2.89. The quantitative estimate of drug-likeness (QED) is 0.520. The van der Waals surface area contributed by atoms with E-state index in [-0.39, 0.29) is 5.17 Å². The van der Waals surface area contributed by atoms with Crippen LogP contribution in [0.4, 0.5) is 0 Å². The Hall–Kier alpha value is 0.670. The Labute approximate surface area is 69.8 Å². The van der Waals surface area contributed by atoms with Crippen molar-refractivity contribution < 1.29 is 5.17 Å². The molecule has 10 heavy (non-hydrogen) atoms. The zero-order valence-corrected chi connectivity index (χ0v) is 10.2. The van der Waals surface area contributed by atoms with Gasteiger partial charge in [-0.05, 0) is 7.05 Å². The second kappa shape index (κ2) is 9.67. The van der Waals surface area contributed by atoms with Gasteiger partial charge >= 0.3 is 51.9 Å². The molecular formula is C4H15InN3O2-. The fraction of sp³-hybridized carbons (Fsp3) is 1.00. The summed E-state index contributed by atoms with van der Waals surface area (Å²) in [5.74, 6) is 0. The molecular weight excluding hydrogens is 237 g/mol. The van der Waals surface area contributed by atoms with Gasteiger partial charge in [-0.2, -0.15) is 0 Å². The summed E-state index contributed by atoms with van der Waals surface area (Å²) in [5, 5.41) is 19.0. The van der Waals surface area contributed by atoms with Crippen molar-refractivity contribution in [1.29, 1.82) is 0 Å². The van der Waals surface area contributed by atoms with E-state index < -0.39 is 21.7 Å². The first kappa shape index (κ1) is 13.3. The first-order chi connectivity index (χ1) is 4.54. The summed E-state index contributed by atoms with van der Waals surface area (Å²) in [5.41, 5.74) is 1.50. The van der Waals surface area contributed by atoms with Crippen LogP contribution in [0.2, 0.25) is 9.36 Å². The average molecular weight is 252 g/mol. The van der Waals surface area contributed by atoms with E-state index in [1.165, 1.54) is 12.5 Å². The van der Waals surface area contributed by atoms with Gasteiger partial charge < -0.3 is 10.7 Å². The van der Waals surface area contributed by atoms with Gasteiger partial charge in [0.05, 0.1) is 0 Å². The third-order valence-corrected chi connectivity index (χ3v) is 3.30. The molecule has 1 atom stereocenters. The second-order valence-corrected chi connectivity index (χ2v) is 9.47. The van der Waals surface area contributed by atoms with E-state index in [1.807, 2.05) is 0 Å². The van der Waals surface area contributed by atoms with E-state index in [0.717, 1.165) is 0 Å². The van der Waals surface area contributed by atoms with E-state index in [2.05, 4.69) is 12.8 Å². The van der Waals surface area contributed by atoms with Crippen LogP contribution in [0.15, 0.2) is 0 Å². The summed E-state index contributed by atoms with van der Waals surface area (Å²) in [6.45, 7) is 0. The molecule has 0 aliphatic rings. The van der Waals surface area contributed by atoms with Crippen LogP contribution in [0.3, 0.4) is 0 Å². The molecule has 1 unspecified atom stereocenters. The van der Waals surface area contributed by atoms with Gasteiger partial charge in [0.25, 0.3) is 0 Å². The van der Waals surface area contributed by atoms with E-state index in [1.54, 1.807) is 7.05 Å². The van der Waals surface area contributed by atoms with Gasteiger partial charge in [-0.1, -0.05) is 0 Å². The molecule has 0 aromatic carbocycles. The van der Waals surface area contributed by atoms with Crippen molar-refractivity contribution >= 4 is 21.7 Å². The second-order valence-electron chi connectivity index (χ2n) is 2.06. The maximum atomic E-state index is 10.2. The van der Waals surface area contributed by atoms with Crippen LogP contribution in [-0.4, -0.2) is 35.8 Å². The van der Waals surface area contributed by atoms with Crippen molar-refractivity contribution in [1.82, 2.24) is 8.89 Å². The van der Waals surface area contributed by atoms with E-state index >= 15 is 0 Å². The van der Waals surface area contributed by atoms with Crippen LogP contribution in [-0.2, 0) is 0 Å². The van der Waals surface area contributed by atoms with Crippen LogP contribution in [0, 0.1) is 10.4 Å². The number of nitrogens with one attached hydrogen (secondary N) is 3. The predicted molar refractivity (Wildman–Crippen MR) is 43.3 cm³/mol. The number of rotatable bonds is 2. The SMILES string of the molecule is CN[O-].C[NH+]([O-])[NH][In]([CH3])[CH3]. The Morgan fingerprint density at radius 1 is 1.40 bits per heavy atom. The van der Waals surface area contributed by atoms with E-state index in [0.29, 0.717) is 0 Å². The minimum absolute atomic E-state index is 0.130. The van der Waals surface area contributed by atoms with E-state index in [9.17, 15) is 5.21 Å². The van der Waals surface area contributed by atoms with Crippen LogP contribution in [0.25, 0.3) is 0 Å². The van der Waals surface area contributed by atoms with Crippen molar-refractivity contribution in [3.63, 3.8) is 0 Å². The summed E-state index contributed by atoms with van der Waals surface area (Å²) < 4.78 is 7.16. The average Bonchev–Trinajstić information content (AvgIpc) is 1.62. The summed E-state index contributed by atoms with van der Waals surface area (Å²) in [4.78, 5) is 0. The van der Waals surface area contributed by atoms with Gasteiger partial charge in [0, 0.05) is 0 Å². The van der Waals surface area contributed by atoms with Crippen molar-refractivity contribution in [2.45, 2.75) is 9.36 Å². The Bertz CT molecular complexity index is 56.5. The van der Waals surface area contributed by atoms with Crippen molar-refractivity contribution in [2.24, 2.45) is 0 Å². The Morgan fingerprint density at radius 3 is 1.70 bits per heavy atom. The minimum atomic E-state index is -1.39. The van der Waals surface area contributed by atoms with Gasteiger partial charge in [-0.25, -0.2) is 0 Å². The molecule has 0 amide bonds. The first-order valence-electron chi connectivity index (χ1n) is 3.10. The van der Waals surface area contributed by atoms with Crippen molar-refractivity contribution in [2.75, 3.05) is 14.1 Å². The molecule has 0 fully saturated rings. The number of hydrogen-bond acceptors (Lipinski definition) is 4. The number of hydroxylamine groups is 2. The summed E-state index contributed by atoms with van der Waals surface area (Å²) in [6, 6.07) is 0. The van der Waals surface area contributed by atoms with Gasteiger partial charge in [-0.15, -0.1) is 0 Å². The molecule has 0 aromatic heterocycles. The first-order valence-corrected chi connectivity index (χ1v) is 11.3. The van der Waals surface area contributed by atoms with Crippen LogP contribution in [0.1, 0.15) is 0 Å². The van der Waals surface area contributed by atoms with Gasteiger partial charge in [0.2, 0.25) is 0 Å². The molecule has 6 heteroatoms. The molecule has 0 rings (SSSR count). The Balaban J connectivity index is 0. The molecule has 0 bridgehead atoms. The fourth-order valence-corrected chi connectivity index (χ4v) is 2.73. The van der Waals surface area contributed by atoms with Crippen LogP contribution >= 0.6 is 0 Å². The van der Waals surface area contributed by atoms with E-state index in [4.69, 9.17) is 5.21 Å². The number of hydrogen-bond donors (Lipinski definition) is 3. The standard InChI is InChI=1S/CH5N2O.CH4NO.2CH3.In/c1-3(2)4;1-2-3;;;/h2-3H,1H3;2H,1H3;2*1H3;/q2*-1;;;+1. The third kappa shape index (κ3) is 23.4. The van der Waals surface area contributed by atoms with Crippen molar-refractivity contribution in [3.8, 4) is 0 Å². The fourth-order valence-electron chi connectivity index (χ4n) is 0.407.